The lowest BCUT2D eigenvalue weighted by molar-refractivity contribution is 0.171. The molecule has 0 saturated carbocycles. The number of fused-ring (bicyclic) bond motifs is 2. The summed E-state index contributed by atoms with van der Waals surface area (Å²) in [4.78, 5) is 4.58. The number of aromatic nitrogens is 2. The van der Waals surface area contributed by atoms with E-state index in [0.29, 0.717) is 36.1 Å². The van der Waals surface area contributed by atoms with Crippen LogP contribution in [0.1, 0.15) is 5.56 Å². The number of rotatable bonds is 2. The first-order valence-corrected chi connectivity index (χ1v) is 7.04. The third-order valence-corrected chi connectivity index (χ3v) is 3.75. The lowest BCUT2D eigenvalue weighted by Gasteiger charge is -2.18. The molecular weight excluding hydrogens is 282 g/mol. The summed E-state index contributed by atoms with van der Waals surface area (Å²) >= 11 is 0. The maximum absolute atomic E-state index is 9.43. The summed E-state index contributed by atoms with van der Waals surface area (Å²) < 4.78 is 12.9. The molecule has 6 nitrogen and oxygen atoms in total. The van der Waals surface area contributed by atoms with E-state index in [1.807, 2.05) is 36.5 Å². The van der Waals surface area contributed by atoms with Crippen LogP contribution in [0.25, 0.3) is 16.9 Å². The molecule has 0 saturated heterocycles. The predicted molar refractivity (Wildman–Crippen MR) is 82.0 cm³/mol. The molecule has 0 unspecified atom stereocenters. The van der Waals surface area contributed by atoms with Crippen LogP contribution >= 0.6 is 0 Å². The minimum Gasteiger partial charge on any atom is -0.486 e. The van der Waals surface area contributed by atoms with Crippen LogP contribution in [0.4, 0.5) is 5.82 Å². The number of hydrogen-bond donors (Lipinski definition) is 2. The standard InChI is InChI=1S/C16H15N3O3/c17-15-14(18-16-11(9-20)2-1-5-19(15)16)10-3-4-12-13(8-10)22-7-6-21-12/h1-5,8,20H,6-7,9,17H2. The molecule has 3 heterocycles. The Kier molecular flexibility index (Phi) is 2.90. The Balaban J connectivity index is 1.89. The highest BCUT2D eigenvalue weighted by atomic mass is 16.6. The topological polar surface area (TPSA) is 82.0 Å². The lowest BCUT2D eigenvalue weighted by atomic mass is 10.1. The van der Waals surface area contributed by atoms with Gasteiger partial charge in [-0.25, -0.2) is 4.98 Å². The monoisotopic (exact) mass is 297 g/mol. The molecule has 0 atom stereocenters. The van der Waals surface area contributed by atoms with Gasteiger partial charge in [0, 0.05) is 17.3 Å². The van der Waals surface area contributed by atoms with Crippen molar-refractivity contribution < 1.29 is 14.6 Å². The number of nitrogens with zero attached hydrogens (tertiary/aromatic N) is 2. The van der Waals surface area contributed by atoms with Crippen LogP contribution in [0.3, 0.4) is 0 Å². The fraction of sp³-hybridized carbons (Fsp3) is 0.188. The highest BCUT2D eigenvalue weighted by Crippen LogP contribution is 2.36. The number of hydrogen-bond acceptors (Lipinski definition) is 5. The van der Waals surface area contributed by atoms with Crippen LogP contribution in [0.2, 0.25) is 0 Å². The number of pyridine rings is 1. The van der Waals surface area contributed by atoms with Gasteiger partial charge >= 0.3 is 0 Å². The van der Waals surface area contributed by atoms with Crippen LogP contribution in [-0.2, 0) is 6.61 Å². The zero-order valence-corrected chi connectivity index (χ0v) is 11.8. The normalized spacial score (nSPS) is 13.5. The number of aliphatic hydroxyl groups excluding tert-OH is 1. The molecular formula is C16H15N3O3. The first-order chi connectivity index (χ1) is 10.8. The maximum Gasteiger partial charge on any atom is 0.162 e. The van der Waals surface area contributed by atoms with Crippen molar-refractivity contribution in [2.45, 2.75) is 6.61 Å². The summed E-state index contributed by atoms with van der Waals surface area (Å²) in [5.41, 5.74) is 9.13. The number of benzene rings is 1. The fourth-order valence-electron chi connectivity index (χ4n) is 2.67. The molecule has 1 aliphatic heterocycles. The van der Waals surface area contributed by atoms with Crippen molar-refractivity contribution in [1.82, 2.24) is 9.38 Å². The molecule has 6 heteroatoms. The summed E-state index contributed by atoms with van der Waals surface area (Å²) in [5, 5.41) is 9.43. The molecule has 3 aromatic rings. The first-order valence-electron chi connectivity index (χ1n) is 7.04. The molecule has 2 aromatic heterocycles. The zero-order chi connectivity index (χ0) is 15.1. The van der Waals surface area contributed by atoms with Gasteiger partial charge in [0.25, 0.3) is 0 Å². The molecule has 0 bridgehead atoms. The van der Waals surface area contributed by atoms with Crippen LogP contribution in [0.15, 0.2) is 36.5 Å². The predicted octanol–water partition coefficient (Wildman–Crippen LogP) is 1.85. The van der Waals surface area contributed by atoms with Gasteiger partial charge in [0.1, 0.15) is 30.4 Å². The number of nitrogen functional groups attached to an aromatic ring is 1. The molecule has 22 heavy (non-hydrogen) atoms. The molecule has 0 fully saturated rings. The SMILES string of the molecule is Nc1c(-c2ccc3c(c2)OCCO3)nc2c(CO)cccn12. The number of aliphatic hydroxyl groups is 1. The van der Waals surface area contributed by atoms with E-state index in [2.05, 4.69) is 4.98 Å². The second kappa shape index (κ2) is 4.92. The molecule has 1 aliphatic rings. The Labute approximate surface area is 126 Å². The van der Waals surface area contributed by atoms with Gasteiger partial charge in [-0.1, -0.05) is 6.07 Å². The molecule has 0 amide bonds. The number of anilines is 1. The largest absolute Gasteiger partial charge is 0.486 e. The second-order valence-electron chi connectivity index (χ2n) is 5.09. The lowest BCUT2D eigenvalue weighted by Crippen LogP contribution is -2.15. The van der Waals surface area contributed by atoms with Crippen LogP contribution < -0.4 is 15.2 Å². The minimum atomic E-state index is -0.0820. The van der Waals surface area contributed by atoms with E-state index in [4.69, 9.17) is 15.2 Å². The molecule has 0 aliphatic carbocycles. The van der Waals surface area contributed by atoms with E-state index in [9.17, 15) is 5.11 Å². The second-order valence-corrected chi connectivity index (χ2v) is 5.09. The van der Waals surface area contributed by atoms with Gasteiger partial charge in [-0.15, -0.1) is 0 Å². The summed E-state index contributed by atoms with van der Waals surface area (Å²) in [6.07, 6.45) is 1.83. The first kappa shape index (κ1) is 13.0. The fourth-order valence-corrected chi connectivity index (χ4v) is 2.67. The van der Waals surface area contributed by atoms with Crippen molar-refractivity contribution in [2.24, 2.45) is 0 Å². The average molecular weight is 297 g/mol. The summed E-state index contributed by atoms with van der Waals surface area (Å²) in [6, 6.07) is 9.31. The van der Waals surface area contributed by atoms with E-state index in [-0.39, 0.29) is 6.61 Å². The van der Waals surface area contributed by atoms with Crippen LogP contribution in [0.5, 0.6) is 11.5 Å². The summed E-state index contributed by atoms with van der Waals surface area (Å²) in [7, 11) is 0. The highest BCUT2D eigenvalue weighted by molar-refractivity contribution is 5.77. The summed E-state index contributed by atoms with van der Waals surface area (Å²) in [5.74, 6) is 1.96. The Bertz CT molecular complexity index is 857. The molecule has 0 radical (unpaired) electrons. The van der Waals surface area contributed by atoms with Gasteiger partial charge in [-0.2, -0.15) is 0 Å². The number of imidazole rings is 1. The summed E-state index contributed by atoms with van der Waals surface area (Å²) in [6.45, 7) is 1.01. The van der Waals surface area contributed by atoms with Crippen molar-refractivity contribution in [3.05, 3.63) is 42.1 Å². The van der Waals surface area contributed by atoms with Gasteiger partial charge in [-0.05, 0) is 24.3 Å². The average Bonchev–Trinajstić information content (AvgIpc) is 2.91. The van der Waals surface area contributed by atoms with Crippen molar-refractivity contribution in [3.8, 4) is 22.8 Å². The number of ether oxygens (including phenoxy) is 2. The van der Waals surface area contributed by atoms with E-state index < -0.39 is 0 Å². The molecule has 112 valence electrons. The molecule has 4 rings (SSSR count). The Morgan fingerprint density at radius 3 is 2.82 bits per heavy atom. The van der Waals surface area contributed by atoms with Crippen LogP contribution in [0, 0.1) is 0 Å². The van der Waals surface area contributed by atoms with Crippen LogP contribution in [-0.4, -0.2) is 27.7 Å². The van der Waals surface area contributed by atoms with Crippen molar-refractivity contribution in [3.63, 3.8) is 0 Å². The van der Waals surface area contributed by atoms with E-state index in [1.165, 1.54) is 0 Å². The highest BCUT2D eigenvalue weighted by Gasteiger charge is 2.17. The van der Waals surface area contributed by atoms with Gasteiger partial charge in [-0.3, -0.25) is 4.40 Å². The van der Waals surface area contributed by atoms with Gasteiger partial charge in [0.15, 0.2) is 11.5 Å². The zero-order valence-electron chi connectivity index (χ0n) is 11.8. The minimum absolute atomic E-state index is 0.0820. The van der Waals surface area contributed by atoms with Crippen molar-refractivity contribution in [1.29, 1.82) is 0 Å². The molecule has 3 N–H and O–H groups in total. The van der Waals surface area contributed by atoms with E-state index in [1.54, 1.807) is 4.40 Å². The molecule has 1 aromatic carbocycles. The quantitative estimate of drug-likeness (QED) is 0.754. The molecule has 0 spiro atoms. The van der Waals surface area contributed by atoms with Crippen molar-refractivity contribution >= 4 is 11.5 Å². The third-order valence-electron chi connectivity index (χ3n) is 3.75. The Hall–Kier alpha value is -2.73. The number of nitrogens with two attached hydrogens (primary N) is 1. The van der Waals surface area contributed by atoms with Gasteiger partial charge < -0.3 is 20.3 Å². The maximum atomic E-state index is 9.43. The Morgan fingerprint density at radius 1 is 1.18 bits per heavy atom. The van der Waals surface area contributed by atoms with E-state index >= 15 is 0 Å². The smallest absolute Gasteiger partial charge is 0.162 e. The third kappa shape index (κ3) is 1.88. The Morgan fingerprint density at radius 2 is 2.00 bits per heavy atom. The van der Waals surface area contributed by atoms with E-state index in [0.717, 1.165) is 16.9 Å². The van der Waals surface area contributed by atoms with Crippen molar-refractivity contribution in [2.75, 3.05) is 18.9 Å². The van der Waals surface area contributed by atoms with Gasteiger partial charge in [0.05, 0.1) is 6.61 Å². The van der Waals surface area contributed by atoms with Gasteiger partial charge in [0.2, 0.25) is 0 Å².